The molecule has 0 saturated heterocycles. The van der Waals surface area contributed by atoms with E-state index >= 15 is 0 Å². The van der Waals surface area contributed by atoms with Gasteiger partial charge in [-0.3, -0.25) is 4.79 Å². The van der Waals surface area contributed by atoms with Gasteiger partial charge in [0.05, 0.1) is 5.69 Å². The first-order valence-corrected chi connectivity index (χ1v) is 6.29. The second-order valence-electron chi connectivity index (χ2n) is 4.65. The van der Waals surface area contributed by atoms with E-state index in [1.54, 1.807) is 19.1 Å². The summed E-state index contributed by atoms with van der Waals surface area (Å²) in [7, 11) is 1.46. The fourth-order valence-corrected chi connectivity index (χ4v) is 1.73. The van der Waals surface area contributed by atoms with Crippen LogP contribution in [0.15, 0.2) is 35.6 Å². The van der Waals surface area contributed by atoms with Gasteiger partial charge in [0.1, 0.15) is 5.56 Å². The standard InChI is InChI=1S/C15H20FN3O/c1-7-8-12(10(4)9(2)3)17-15(20)13-11(5)18-19(6)14(13)16/h7-8H,2H2,1,3-6H3,(H,17,20)/b8-7-,12-10-. The molecule has 0 aromatic carbocycles. The molecule has 0 unspecified atom stereocenters. The number of hydrogen-bond donors (Lipinski definition) is 1. The van der Waals surface area contributed by atoms with Gasteiger partial charge in [-0.2, -0.15) is 9.49 Å². The molecule has 1 aromatic heterocycles. The van der Waals surface area contributed by atoms with E-state index in [9.17, 15) is 9.18 Å². The van der Waals surface area contributed by atoms with Gasteiger partial charge in [0, 0.05) is 12.7 Å². The maximum atomic E-state index is 13.9. The molecule has 20 heavy (non-hydrogen) atoms. The highest BCUT2D eigenvalue weighted by Crippen LogP contribution is 2.15. The monoisotopic (exact) mass is 277 g/mol. The largest absolute Gasteiger partial charge is 0.322 e. The van der Waals surface area contributed by atoms with Crippen LogP contribution < -0.4 is 5.32 Å². The molecule has 0 spiro atoms. The van der Waals surface area contributed by atoms with Gasteiger partial charge in [-0.1, -0.05) is 18.2 Å². The molecule has 108 valence electrons. The number of nitrogens with one attached hydrogen (secondary N) is 1. The molecule has 0 aliphatic carbocycles. The number of aryl methyl sites for hydroxylation is 2. The van der Waals surface area contributed by atoms with E-state index in [4.69, 9.17) is 0 Å². The number of amides is 1. The van der Waals surface area contributed by atoms with E-state index in [0.29, 0.717) is 11.4 Å². The Morgan fingerprint density at radius 1 is 1.45 bits per heavy atom. The maximum absolute atomic E-state index is 13.9. The quantitative estimate of drug-likeness (QED) is 0.860. The van der Waals surface area contributed by atoms with Crippen LogP contribution in [0.4, 0.5) is 4.39 Å². The van der Waals surface area contributed by atoms with Crippen molar-refractivity contribution in [3.8, 4) is 0 Å². The summed E-state index contributed by atoms with van der Waals surface area (Å²) in [6.45, 7) is 11.0. The molecule has 1 N–H and O–H groups in total. The molecule has 0 aliphatic rings. The summed E-state index contributed by atoms with van der Waals surface area (Å²) in [6.07, 6.45) is 3.56. The Morgan fingerprint density at radius 2 is 2.05 bits per heavy atom. The number of hydrogen-bond acceptors (Lipinski definition) is 2. The zero-order chi connectivity index (χ0) is 15.4. The number of carbonyl (C=O) groups excluding carboxylic acids is 1. The zero-order valence-electron chi connectivity index (χ0n) is 12.5. The second-order valence-corrected chi connectivity index (χ2v) is 4.65. The molecular formula is C15H20FN3O. The SMILES string of the molecule is C=C(C)/C(C)=C(/C=C\C)NC(=O)c1c(C)nn(C)c1F. The second kappa shape index (κ2) is 6.32. The highest BCUT2D eigenvalue weighted by molar-refractivity contribution is 5.96. The normalized spacial score (nSPS) is 12.5. The van der Waals surface area contributed by atoms with Gasteiger partial charge < -0.3 is 5.32 Å². The fraction of sp³-hybridized carbons (Fsp3) is 0.333. The highest BCUT2D eigenvalue weighted by atomic mass is 19.1. The number of nitrogens with zero attached hydrogens (tertiary/aromatic N) is 2. The zero-order valence-corrected chi connectivity index (χ0v) is 12.5. The van der Waals surface area contributed by atoms with E-state index in [2.05, 4.69) is 17.0 Å². The van der Waals surface area contributed by atoms with Crippen LogP contribution in [0.1, 0.15) is 36.8 Å². The summed E-state index contributed by atoms with van der Waals surface area (Å²) in [5.41, 5.74) is 2.60. The molecular weight excluding hydrogens is 257 g/mol. The summed E-state index contributed by atoms with van der Waals surface area (Å²) in [5, 5.41) is 6.60. The Bertz CT molecular complexity index is 609. The van der Waals surface area contributed by atoms with Crippen LogP contribution in [-0.2, 0) is 7.05 Å². The predicted octanol–water partition coefficient (Wildman–Crippen LogP) is 3.02. The number of aromatic nitrogens is 2. The molecule has 0 fully saturated rings. The van der Waals surface area contributed by atoms with Crippen LogP contribution in [0.5, 0.6) is 0 Å². The molecule has 0 radical (unpaired) electrons. The predicted molar refractivity (Wildman–Crippen MR) is 77.7 cm³/mol. The van der Waals surface area contributed by atoms with Crippen molar-refractivity contribution in [2.45, 2.75) is 27.7 Å². The van der Waals surface area contributed by atoms with Crippen molar-refractivity contribution in [2.24, 2.45) is 7.05 Å². The topological polar surface area (TPSA) is 46.9 Å². The Hall–Kier alpha value is -2.17. The van der Waals surface area contributed by atoms with Gasteiger partial charge in [0.2, 0.25) is 5.95 Å². The average molecular weight is 277 g/mol. The van der Waals surface area contributed by atoms with Gasteiger partial charge in [-0.05, 0) is 39.3 Å². The lowest BCUT2D eigenvalue weighted by atomic mass is 10.1. The minimum Gasteiger partial charge on any atom is -0.322 e. The van der Waals surface area contributed by atoms with Gasteiger partial charge in [-0.25, -0.2) is 4.68 Å². The van der Waals surface area contributed by atoms with Crippen molar-refractivity contribution in [2.75, 3.05) is 0 Å². The molecule has 0 saturated carbocycles. The number of rotatable bonds is 4. The third-order valence-corrected chi connectivity index (χ3v) is 3.00. The lowest BCUT2D eigenvalue weighted by molar-refractivity contribution is 0.0961. The van der Waals surface area contributed by atoms with Crippen LogP contribution in [0.2, 0.25) is 0 Å². The summed E-state index contributed by atoms with van der Waals surface area (Å²) >= 11 is 0. The molecule has 1 aromatic rings. The van der Waals surface area contributed by atoms with E-state index in [0.717, 1.165) is 15.8 Å². The van der Waals surface area contributed by atoms with Crippen molar-refractivity contribution in [3.05, 3.63) is 52.8 Å². The average Bonchev–Trinajstić information content (AvgIpc) is 2.61. The van der Waals surface area contributed by atoms with Crippen molar-refractivity contribution < 1.29 is 9.18 Å². The molecule has 1 amide bonds. The number of allylic oxidation sites excluding steroid dienone is 4. The molecule has 5 heteroatoms. The van der Waals surface area contributed by atoms with Crippen molar-refractivity contribution in [1.82, 2.24) is 15.1 Å². The van der Waals surface area contributed by atoms with Gasteiger partial charge in [-0.15, -0.1) is 0 Å². The Labute approximate surface area is 118 Å². The van der Waals surface area contributed by atoms with Crippen LogP contribution in [0.3, 0.4) is 0 Å². The molecule has 0 atom stereocenters. The van der Waals surface area contributed by atoms with Crippen molar-refractivity contribution in [3.63, 3.8) is 0 Å². The minimum atomic E-state index is -0.646. The molecule has 0 aliphatic heterocycles. The number of halogens is 1. The van der Waals surface area contributed by atoms with E-state index < -0.39 is 11.9 Å². The van der Waals surface area contributed by atoms with Gasteiger partial charge >= 0.3 is 0 Å². The van der Waals surface area contributed by atoms with Crippen molar-refractivity contribution >= 4 is 5.91 Å². The maximum Gasteiger partial charge on any atom is 0.262 e. The third-order valence-electron chi connectivity index (χ3n) is 3.00. The fourth-order valence-electron chi connectivity index (χ4n) is 1.73. The Kier molecular flexibility index (Phi) is 5.02. The van der Waals surface area contributed by atoms with Crippen LogP contribution in [-0.4, -0.2) is 15.7 Å². The van der Waals surface area contributed by atoms with E-state index in [1.165, 1.54) is 7.05 Å². The lowest BCUT2D eigenvalue weighted by Gasteiger charge is -2.10. The first kappa shape index (κ1) is 15.9. The van der Waals surface area contributed by atoms with Gasteiger partial charge in [0.15, 0.2) is 0 Å². The van der Waals surface area contributed by atoms with Gasteiger partial charge in [0.25, 0.3) is 5.91 Å². The summed E-state index contributed by atoms with van der Waals surface area (Å²) in [6, 6.07) is 0. The summed E-state index contributed by atoms with van der Waals surface area (Å²) in [4.78, 5) is 12.2. The van der Waals surface area contributed by atoms with E-state index in [-0.39, 0.29) is 5.56 Å². The van der Waals surface area contributed by atoms with Crippen LogP contribution >= 0.6 is 0 Å². The molecule has 4 nitrogen and oxygen atoms in total. The smallest absolute Gasteiger partial charge is 0.262 e. The Morgan fingerprint density at radius 3 is 2.45 bits per heavy atom. The highest BCUT2D eigenvalue weighted by Gasteiger charge is 2.21. The van der Waals surface area contributed by atoms with Crippen LogP contribution in [0, 0.1) is 12.9 Å². The Balaban J connectivity index is 3.16. The lowest BCUT2D eigenvalue weighted by Crippen LogP contribution is -2.24. The molecule has 1 rings (SSSR count). The van der Waals surface area contributed by atoms with E-state index in [1.807, 2.05) is 20.8 Å². The molecule has 0 bridgehead atoms. The summed E-state index contributed by atoms with van der Waals surface area (Å²) in [5.74, 6) is -1.16. The first-order valence-electron chi connectivity index (χ1n) is 6.29. The molecule has 1 heterocycles. The van der Waals surface area contributed by atoms with Crippen LogP contribution in [0.25, 0.3) is 0 Å². The third kappa shape index (κ3) is 3.23. The summed E-state index contributed by atoms with van der Waals surface area (Å²) < 4.78 is 14.9. The van der Waals surface area contributed by atoms with Crippen molar-refractivity contribution in [1.29, 1.82) is 0 Å². The number of carbonyl (C=O) groups is 1. The first-order chi connectivity index (χ1) is 9.29. The minimum absolute atomic E-state index is 0.0379.